The number of carbonyl (C=O) groups excluding carboxylic acids is 1. The van der Waals surface area contributed by atoms with Crippen LogP contribution >= 0.6 is 0 Å². The molecular formula is C12H21NO. The minimum atomic E-state index is 0.261. The van der Waals surface area contributed by atoms with E-state index in [-0.39, 0.29) is 5.91 Å². The van der Waals surface area contributed by atoms with Gasteiger partial charge in [0.15, 0.2) is 0 Å². The Morgan fingerprint density at radius 1 is 1.36 bits per heavy atom. The Bertz CT molecular complexity index is 259. The van der Waals surface area contributed by atoms with Gasteiger partial charge < -0.3 is 5.32 Å². The van der Waals surface area contributed by atoms with Crippen LogP contribution in [0.1, 0.15) is 46.5 Å². The zero-order chi connectivity index (χ0) is 10.4. The van der Waals surface area contributed by atoms with Crippen molar-refractivity contribution in [3.63, 3.8) is 0 Å². The first-order chi connectivity index (χ1) is 6.44. The fourth-order valence-corrected chi connectivity index (χ4v) is 3.23. The molecule has 1 saturated carbocycles. The molecule has 0 aromatic carbocycles. The molecule has 2 unspecified atom stereocenters. The van der Waals surface area contributed by atoms with Gasteiger partial charge in [-0.2, -0.15) is 0 Å². The summed E-state index contributed by atoms with van der Waals surface area (Å²) in [4.78, 5) is 11.3. The largest absolute Gasteiger partial charge is 0.356 e. The van der Waals surface area contributed by atoms with E-state index in [9.17, 15) is 4.79 Å². The van der Waals surface area contributed by atoms with Crippen molar-refractivity contribution in [3.8, 4) is 0 Å². The molecule has 2 nitrogen and oxygen atoms in total. The summed E-state index contributed by atoms with van der Waals surface area (Å²) in [5.74, 6) is 0.946. The average molecular weight is 195 g/mol. The molecule has 2 heteroatoms. The van der Waals surface area contributed by atoms with Crippen molar-refractivity contribution in [1.82, 2.24) is 5.32 Å². The van der Waals surface area contributed by atoms with Gasteiger partial charge in [0, 0.05) is 13.0 Å². The molecule has 2 aliphatic rings. The van der Waals surface area contributed by atoms with Crippen LogP contribution in [0.25, 0.3) is 0 Å². The summed E-state index contributed by atoms with van der Waals surface area (Å²) in [5, 5.41) is 3.00. The highest BCUT2D eigenvalue weighted by Gasteiger charge is 2.47. The first kappa shape index (κ1) is 10.0. The van der Waals surface area contributed by atoms with Crippen LogP contribution < -0.4 is 5.32 Å². The number of hydrogen-bond donors (Lipinski definition) is 1. The zero-order valence-corrected chi connectivity index (χ0v) is 9.52. The molecular weight excluding hydrogens is 174 g/mol. The highest BCUT2D eigenvalue weighted by atomic mass is 16.1. The molecule has 14 heavy (non-hydrogen) atoms. The first-order valence-corrected chi connectivity index (χ1v) is 5.70. The normalized spacial score (nSPS) is 41.4. The molecule has 1 heterocycles. The molecule has 1 saturated heterocycles. The number of hydrogen-bond acceptors (Lipinski definition) is 1. The van der Waals surface area contributed by atoms with Gasteiger partial charge in [0.25, 0.3) is 0 Å². The molecule has 0 radical (unpaired) electrons. The van der Waals surface area contributed by atoms with Gasteiger partial charge in [-0.05, 0) is 36.0 Å². The second kappa shape index (κ2) is 2.98. The molecule has 0 aromatic heterocycles. The third kappa shape index (κ3) is 1.55. The molecule has 0 aromatic rings. The number of carbonyl (C=O) groups is 1. The standard InChI is InChI=1S/C12H21NO/c1-9-6-11(2,3)4-5-12(9)7-10(14)13-8-12/h9H,4-8H2,1-3H3,(H,13,14). The zero-order valence-electron chi connectivity index (χ0n) is 9.52. The van der Waals surface area contributed by atoms with Crippen LogP contribution in [0.3, 0.4) is 0 Å². The van der Waals surface area contributed by atoms with E-state index in [0.29, 0.717) is 16.7 Å². The van der Waals surface area contributed by atoms with E-state index in [4.69, 9.17) is 0 Å². The van der Waals surface area contributed by atoms with Crippen LogP contribution in [-0.4, -0.2) is 12.5 Å². The lowest BCUT2D eigenvalue weighted by molar-refractivity contribution is -0.120. The van der Waals surface area contributed by atoms with E-state index >= 15 is 0 Å². The van der Waals surface area contributed by atoms with E-state index in [1.54, 1.807) is 0 Å². The Morgan fingerprint density at radius 3 is 2.57 bits per heavy atom. The van der Waals surface area contributed by atoms with E-state index in [1.807, 2.05) is 0 Å². The summed E-state index contributed by atoms with van der Waals surface area (Å²) in [6, 6.07) is 0. The molecule has 2 atom stereocenters. The van der Waals surface area contributed by atoms with Crippen LogP contribution in [-0.2, 0) is 4.79 Å². The Balaban J connectivity index is 2.12. The fourth-order valence-electron chi connectivity index (χ4n) is 3.23. The number of nitrogens with one attached hydrogen (secondary N) is 1. The summed E-state index contributed by atoms with van der Waals surface area (Å²) in [6.07, 6.45) is 4.53. The molecule has 80 valence electrons. The van der Waals surface area contributed by atoms with Crippen molar-refractivity contribution in [3.05, 3.63) is 0 Å². The van der Waals surface area contributed by atoms with Crippen molar-refractivity contribution in [2.45, 2.75) is 46.5 Å². The summed E-state index contributed by atoms with van der Waals surface area (Å²) in [6.45, 7) is 7.94. The molecule has 1 aliphatic carbocycles. The monoisotopic (exact) mass is 195 g/mol. The highest BCUT2D eigenvalue weighted by Crippen LogP contribution is 2.51. The maximum absolute atomic E-state index is 11.3. The molecule has 2 rings (SSSR count). The fraction of sp³-hybridized carbons (Fsp3) is 0.917. The van der Waals surface area contributed by atoms with Gasteiger partial charge in [-0.25, -0.2) is 0 Å². The quantitative estimate of drug-likeness (QED) is 0.631. The summed E-state index contributed by atoms with van der Waals surface area (Å²) in [7, 11) is 0. The Labute approximate surface area is 86.5 Å². The second-order valence-corrected chi connectivity index (χ2v) is 6.09. The van der Waals surface area contributed by atoms with Gasteiger partial charge in [0.1, 0.15) is 0 Å². The number of rotatable bonds is 0. The van der Waals surface area contributed by atoms with E-state index < -0.39 is 0 Å². The van der Waals surface area contributed by atoms with Crippen LogP contribution in [0.15, 0.2) is 0 Å². The van der Waals surface area contributed by atoms with Gasteiger partial charge >= 0.3 is 0 Å². The SMILES string of the molecule is CC1CC(C)(C)CCC12CNC(=O)C2. The lowest BCUT2D eigenvalue weighted by Crippen LogP contribution is -2.39. The van der Waals surface area contributed by atoms with Crippen molar-refractivity contribution in [2.24, 2.45) is 16.7 Å². The summed E-state index contributed by atoms with van der Waals surface area (Å²) < 4.78 is 0. The van der Waals surface area contributed by atoms with E-state index in [0.717, 1.165) is 13.0 Å². The van der Waals surface area contributed by atoms with Crippen molar-refractivity contribution in [2.75, 3.05) is 6.54 Å². The minimum Gasteiger partial charge on any atom is -0.356 e. The van der Waals surface area contributed by atoms with Gasteiger partial charge in [-0.3, -0.25) is 4.79 Å². The Kier molecular flexibility index (Phi) is 2.13. The van der Waals surface area contributed by atoms with Crippen LogP contribution in [0.4, 0.5) is 0 Å². The predicted octanol–water partition coefficient (Wildman–Crippen LogP) is 2.34. The number of amides is 1. The van der Waals surface area contributed by atoms with Gasteiger partial charge in [-0.15, -0.1) is 0 Å². The lowest BCUT2D eigenvalue weighted by Gasteiger charge is -2.45. The maximum atomic E-state index is 11.3. The highest BCUT2D eigenvalue weighted by molar-refractivity contribution is 5.79. The molecule has 1 spiro atoms. The van der Waals surface area contributed by atoms with Crippen LogP contribution in [0.2, 0.25) is 0 Å². The third-order valence-corrected chi connectivity index (χ3v) is 4.35. The maximum Gasteiger partial charge on any atom is 0.220 e. The Morgan fingerprint density at radius 2 is 2.07 bits per heavy atom. The molecule has 2 fully saturated rings. The Hall–Kier alpha value is -0.530. The minimum absolute atomic E-state index is 0.261. The first-order valence-electron chi connectivity index (χ1n) is 5.70. The van der Waals surface area contributed by atoms with Gasteiger partial charge in [0.2, 0.25) is 5.91 Å². The van der Waals surface area contributed by atoms with Crippen LogP contribution in [0, 0.1) is 16.7 Å². The summed E-state index contributed by atoms with van der Waals surface area (Å²) >= 11 is 0. The predicted molar refractivity (Wildman–Crippen MR) is 56.9 cm³/mol. The van der Waals surface area contributed by atoms with Crippen molar-refractivity contribution in [1.29, 1.82) is 0 Å². The molecule has 0 bridgehead atoms. The molecule has 1 aliphatic heterocycles. The second-order valence-electron chi connectivity index (χ2n) is 6.09. The van der Waals surface area contributed by atoms with Crippen LogP contribution in [0.5, 0.6) is 0 Å². The van der Waals surface area contributed by atoms with E-state index in [1.165, 1.54) is 19.3 Å². The lowest BCUT2D eigenvalue weighted by atomic mass is 9.59. The van der Waals surface area contributed by atoms with Crippen molar-refractivity contribution < 1.29 is 4.79 Å². The topological polar surface area (TPSA) is 29.1 Å². The van der Waals surface area contributed by atoms with E-state index in [2.05, 4.69) is 26.1 Å². The van der Waals surface area contributed by atoms with Gasteiger partial charge in [-0.1, -0.05) is 20.8 Å². The smallest absolute Gasteiger partial charge is 0.220 e. The molecule has 1 amide bonds. The van der Waals surface area contributed by atoms with Gasteiger partial charge in [0.05, 0.1) is 0 Å². The molecule has 1 N–H and O–H groups in total. The average Bonchev–Trinajstić information content (AvgIpc) is 2.43. The van der Waals surface area contributed by atoms with Crippen molar-refractivity contribution >= 4 is 5.91 Å². The summed E-state index contributed by atoms with van der Waals surface area (Å²) in [5.41, 5.74) is 0.781. The third-order valence-electron chi connectivity index (χ3n) is 4.35.